The van der Waals surface area contributed by atoms with Crippen LogP contribution >= 0.6 is 7.82 Å². The number of aliphatic hydroxyl groups is 3. The van der Waals surface area contributed by atoms with Gasteiger partial charge in [0.2, 0.25) is 0 Å². The van der Waals surface area contributed by atoms with Gasteiger partial charge >= 0.3 is 19.8 Å². The molecule has 0 aliphatic rings. The lowest BCUT2D eigenvalue weighted by Gasteiger charge is -2.20. The molecule has 2 unspecified atom stereocenters. The highest BCUT2D eigenvalue weighted by molar-refractivity contribution is 7.47. The number of esters is 2. The molecule has 0 aromatic heterocycles. The molecule has 0 heterocycles. The number of ether oxygens (including phenoxy) is 2. The fraction of sp³-hybridized carbons (Fsp3) is 0.714. The molecular formula is C42H73O11P. The zero-order valence-electron chi connectivity index (χ0n) is 33.3. The Balaban J connectivity index is 4.46. The van der Waals surface area contributed by atoms with Gasteiger partial charge in [-0.2, -0.15) is 0 Å². The fourth-order valence-corrected chi connectivity index (χ4v) is 5.90. The molecule has 11 nitrogen and oxygen atoms in total. The van der Waals surface area contributed by atoms with Gasteiger partial charge in [0, 0.05) is 12.8 Å². The van der Waals surface area contributed by atoms with Crippen LogP contribution < -0.4 is 0 Å². The van der Waals surface area contributed by atoms with E-state index in [0.717, 1.165) is 77.0 Å². The SMILES string of the molecule is CC/C=C/C/C=C/C=C/C(O)CCCCCCCC(=O)OC[C@H](COP(=O)(O)OC[C@@H](O)CO)OC(=O)CCCCCCC/C=C\C=C/CCCCCC. The largest absolute Gasteiger partial charge is 0.472 e. The number of carbonyl (C=O) groups is 2. The second-order valence-electron chi connectivity index (χ2n) is 13.5. The van der Waals surface area contributed by atoms with Crippen LogP contribution in [-0.4, -0.2) is 76.9 Å². The molecule has 54 heavy (non-hydrogen) atoms. The molecule has 0 aromatic carbocycles. The highest BCUT2D eigenvalue weighted by Crippen LogP contribution is 2.43. The maximum absolute atomic E-state index is 12.6. The molecule has 0 fully saturated rings. The summed E-state index contributed by atoms with van der Waals surface area (Å²) in [5.41, 5.74) is 0. The van der Waals surface area contributed by atoms with Gasteiger partial charge in [0.1, 0.15) is 12.7 Å². The highest BCUT2D eigenvalue weighted by Gasteiger charge is 2.27. The van der Waals surface area contributed by atoms with E-state index in [0.29, 0.717) is 19.3 Å². The van der Waals surface area contributed by atoms with E-state index < -0.39 is 57.9 Å². The van der Waals surface area contributed by atoms with Crippen molar-refractivity contribution >= 4 is 19.8 Å². The third-order valence-corrected chi connectivity index (χ3v) is 9.24. The number of rotatable bonds is 37. The van der Waals surface area contributed by atoms with Gasteiger partial charge in [0.15, 0.2) is 6.10 Å². The second-order valence-corrected chi connectivity index (χ2v) is 15.0. The molecule has 4 atom stereocenters. The van der Waals surface area contributed by atoms with Crippen molar-refractivity contribution in [2.45, 2.75) is 167 Å². The van der Waals surface area contributed by atoms with Crippen LogP contribution in [0.1, 0.15) is 149 Å². The lowest BCUT2D eigenvalue weighted by molar-refractivity contribution is -0.161. The van der Waals surface area contributed by atoms with Gasteiger partial charge in [0.25, 0.3) is 0 Å². The van der Waals surface area contributed by atoms with Crippen molar-refractivity contribution in [3.8, 4) is 0 Å². The fourth-order valence-electron chi connectivity index (χ4n) is 5.11. The Morgan fingerprint density at radius 2 is 1.22 bits per heavy atom. The number of unbranched alkanes of at least 4 members (excludes halogenated alkanes) is 13. The molecule has 0 rings (SSSR count). The van der Waals surface area contributed by atoms with Crippen molar-refractivity contribution < 1.29 is 52.9 Å². The van der Waals surface area contributed by atoms with Crippen molar-refractivity contribution in [3.05, 3.63) is 60.8 Å². The summed E-state index contributed by atoms with van der Waals surface area (Å²) < 4.78 is 32.6. The van der Waals surface area contributed by atoms with Gasteiger partial charge in [-0.05, 0) is 57.8 Å². The van der Waals surface area contributed by atoms with E-state index in [9.17, 15) is 29.3 Å². The Bertz CT molecular complexity index is 1100. The molecule has 12 heteroatoms. The van der Waals surface area contributed by atoms with Crippen LogP contribution in [0, 0.1) is 0 Å². The van der Waals surface area contributed by atoms with E-state index in [2.05, 4.69) is 54.8 Å². The third kappa shape index (κ3) is 36.6. The van der Waals surface area contributed by atoms with Crippen molar-refractivity contribution in [2.24, 2.45) is 0 Å². The van der Waals surface area contributed by atoms with Crippen LogP contribution in [0.25, 0.3) is 0 Å². The molecule has 312 valence electrons. The minimum atomic E-state index is -4.64. The Morgan fingerprint density at radius 3 is 1.87 bits per heavy atom. The standard InChI is InChI=1S/C42H73O11P/c1-3-5-7-9-11-12-13-14-15-16-17-18-20-24-29-33-42(47)53-40(37-52-54(48,49)51-35-39(45)34-43)36-50-41(46)32-28-25-21-23-27-31-38(44)30-26-22-19-10-8-6-4-2/h6,8,12-15,19,22,26,30,38-40,43-45H,3-5,7,9-11,16-18,20-21,23-25,27-29,31-37H2,1-2H3,(H,48,49)/b8-6+,13-12-,15-14-,22-19+,30-26+/t38?,39-,40+/m0/s1. The molecule has 0 aromatic rings. The molecule has 0 spiro atoms. The predicted molar refractivity (Wildman–Crippen MR) is 216 cm³/mol. The number of carbonyl (C=O) groups excluding carboxylic acids is 2. The van der Waals surface area contributed by atoms with E-state index in [-0.39, 0.29) is 19.4 Å². The number of phosphoric ester groups is 1. The summed E-state index contributed by atoms with van der Waals surface area (Å²) in [5, 5.41) is 28.4. The average molecular weight is 785 g/mol. The van der Waals surface area contributed by atoms with Gasteiger partial charge in [-0.25, -0.2) is 4.57 Å². The summed E-state index contributed by atoms with van der Waals surface area (Å²) in [7, 11) is -4.64. The number of hydrogen-bond donors (Lipinski definition) is 4. The third-order valence-electron chi connectivity index (χ3n) is 8.29. The van der Waals surface area contributed by atoms with Gasteiger partial charge in [-0.3, -0.25) is 18.6 Å². The molecule has 4 N–H and O–H groups in total. The van der Waals surface area contributed by atoms with Gasteiger partial charge in [-0.1, -0.05) is 139 Å². The number of aliphatic hydroxyl groups excluding tert-OH is 3. The van der Waals surface area contributed by atoms with Crippen LogP contribution in [-0.2, 0) is 32.7 Å². The molecule has 0 saturated carbocycles. The van der Waals surface area contributed by atoms with Crippen molar-refractivity contribution in [2.75, 3.05) is 26.4 Å². The maximum atomic E-state index is 12.6. The van der Waals surface area contributed by atoms with Crippen molar-refractivity contribution in [1.82, 2.24) is 0 Å². The monoisotopic (exact) mass is 784 g/mol. The summed E-state index contributed by atoms with van der Waals surface area (Å²) in [6, 6.07) is 0. The summed E-state index contributed by atoms with van der Waals surface area (Å²) in [6.45, 7) is 2.08. The molecule has 0 aliphatic heterocycles. The Kier molecular flexibility index (Phi) is 35.9. The van der Waals surface area contributed by atoms with Crippen LogP contribution in [0.5, 0.6) is 0 Å². The molecule has 0 radical (unpaired) electrons. The maximum Gasteiger partial charge on any atom is 0.472 e. The zero-order valence-corrected chi connectivity index (χ0v) is 34.2. The first-order chi connectivity index (χ1) is 26.1. The zero-order chi connectivity index (χ0) is 40.0. The van der Waals surface area contributed by atoms with Crippen LogP contribution in [0.3, 0.4) is 0 Å². The Labute approximate surface area is 326 Å². The molecule has 0 aliphatic carbocycles. The number of hydrogen-bond acceptors (Lipinski definition) is 10. The molecular weight excluding hydrogens is 711 g/mol. The Hall–Kier alpha value is -2.37. The van der Waals surface area contributed by atoms with E-state index in [4.69, 9.17) is 19.1 Å². The summed E-state index contributed by atoms with van der Waals surface area (Å²) >= 11 is 0. The number of allylic oxidation sites excluding steroid dienone is 9. The normalized spacial score (nSPS) is 15.1. The topological polar surface area (TPSA) is 169 Å². The first-order valence-electron chi connectivity index (χ1n) is 20.4. The first kappa shape index (κ1) is 51.6. The highest BCUT2D eigenvalue weighted by atomic mass is 31.2. The summed E-state index contributed by atoms with van der Waals surface area (Å²) in [4.78, 5) is 34.9. The first-order valence-corrected chi connectivity index (χ1v) is 21.9. The minimum Gasteiger partial charge on any atom is -0.462 e. The van der Waals surface area contributed by atoms with Gasteiger partial charge in [-0.15, -0.1) is 0 Å². The van der Waals surface area contributed by atoms with Crippen LogP contribution in [0.15, 0.2) is 60.8 Å². The molecule has 0 amide bonds. The number of phosphoric acid groups is 1. The molecule has 0 saturated heterocycles. The summed E-state index contributed by atoms with van der Waals surface area (Å²) in [6.07, 6.45) is 36.3. The van der Waals surface area contributed by atoms with Crippen molar-refractivity contribution in [3.63, 3.8) is 0 Å². The van der Waals surface area contributed by atoms with E-state index in [1.165, 1.54) is 25.7 Å². The van der Waals surface area contributed by atoms with Gasteiger partial charge < -0.3 is 29.7 Å². The smallest absolute Gasteiger partial charge is 0.462 e. The minimum absolute atomic E-state index is 0.144. The summed E-state index contributed by atoms with van der Waals surface area (Å²) in [5.74, 6) is -1.03. The lowest BCUT2D eigenvalue weighted by Crippen LogP contribution is -2.29. The van der Waals surface area contributed by atoms with Crippen molar-refractivity contribution in [1.29, 1.82) is 0 Å². The average Bonchev–Trinajstić information content (AvgIpc) is 3.15. The quantitative estimate of drug-likeness (QED) is 0.0156. The predicted octanol–water partition coefficient (Wildman–Crippen LogP) is 9.30. The van der Waals surface area contributed by atoms with E-state index in [1.807, 2.05) is 18.2 Å². The lowest BCUT2D eigenvalue weighted by atomic mass is 10.1. The Morgan fingerprint density at radius 1 is 0.648 bits per heavy atom. The van der Waals surface area contributed by atoms with Gasteiger partial charge in [0.05, 0.1) is 25.9 Å². The molecule has 0 bridgehead atoms. The second kappa shape index (κ2) is 37.5. The van der Waals surface area contributed by atoms with E-state index in [1.54, 1.807) is 6.08 Å². The van der Waals surface area contributed by atoms with E-state index >= 15 is 0 Å². The van der Waals surface area contributed by atoms with Crippen LogP contribution in [0.2, 0.25) is 0 Å². The van der Waals surface area contributed by atoms with Crippen LogP contribution in [0.4, 0.5) is 0 Å².